The first-order valence-electron chi connectivity index (χ1n) is 7.93. The van der Waals surface area contributed by atoms with E-state index in [2.05, 4.69) is 5.32 Å². The van der Waals surface area contributed by atoms with Crippen molar-refractivity contribution in [2.75, 3.05) is 13.2 Å². The summed E-state index contributed by atoms with van der Waals surface area (Å²) in [6.45, 7) is 2.45. The molecule has 0 heterocycles. The number of benzene rings is 2. The molecule has 124 valence electrons. The lowest BCUT2D eigenvalue weighted by Gasteiger charge is -2.18. The number of ether oxygens (including phenoxy) is 1. The molecule has 2 aromatic rings. The average Bonchev–Trinajstić information content (AvgIpc) is 2.62. The lowest BCUT2D eigenvalue weighted by atomic mass is 9.91. The van der Waals surface area contributed by atoms with E-state index in [-0.39, 0.29) is 18.4 Å². The summed E-state index contributed by atoms with van der Waals surface area (Å²) in [6.07, 6.45) is 2.34. The standard InChI is InChI=1S/C20H21NO3/c1-2-24-20(23)14-13-19(22)21-15-18(16-9-5-3-6-10-16)17-11-7-4-8-12-17/h3-14,18H,2,15H2,1H3,(H,21,22)/b14-13+. The third kappa shape index (κ3) is 5.39. The molecule has 4 heteroatoms. The van der Waals surface area contributed by atoms with Crippen LogP contribution in [0, 0.1) is 0 Å². The fourth-order valence-electron chi connectivity index (χ4n) is 2.39. The highest BCUT2D eigenvalue weighted by molar-refractivity contribution is 5.94. The third-order valence-corrected chi connectivity index (χ3v) is 3.54. The van der Waals surface area contributed by atoms with Gasteiger partial charge in [-0.1, -0.05) is 60.7 Å². The van der Waals surface area contributed by atoms with Gasteiger partial charge in [-0.25, -0.2) is 4.79 Å². The summed E-state index contributed by atoms with van der Waals surface area (Å²) in [5, 5.41) is 2.84. The van der Waals surface area contributed by atoms with Gasteiger partial charge in [0.25, 0.3) is 0 Å². The molecule has 4 nitrogen and oxygen atoms in total. The van der Waals surface area contributed by atoms with Crippen LogP contribution in [0.25, 0.3) is 0 Å². The molecule has 1 N–H and O–H groups in total. The molecule has 0 aliphatic carbocycles. The molecule has 0 bridgehead atoms. The maximum atomic E-state index is 11.9. The molecule has 0 unspecified atom stereocenters. The summed E-state index contributed by atoms with van der Waals surface area (Å²) in [4.78, 5) is 23.2. The monoisotopic (exact) mass is 323 g/mol. The molecule has 0 aromatic heterocycles. The molecule has 1 amide bonds. The van der Waals surface area contributed by atoms with Gasteiger partial charge in [0.15, 0.2) is 0 Å². The van der Waals surface area contributed by atoms with Crippen LogP contribution in [0.3, 0.4) is 0 Å². The zero-order chi connectivity index (χ0) is 17.2. The average molecular weight is 323 g/mol. The van der Waals surface area contributed by atoms with Crippen molar-refractivity contribution in [2.45, 2.75) is 12.8 Å². The normalized spacial score (nSPS) is 10.8. The largest absolute Gasteiger partial charge is 0.463 e. The predicted octanol–water partition coefficient (Wildman–Crippen LogP) is 3.05. The highest BCUT2D eigenvalue weighted by atomic mass is 16.5. The third-order valence-electron chi connectivity index (χ3n) is 3.54. The van der Waals surface area contributed by atoms with Gasteiger partial charge in [0.05, 0.1) is 6.61 Å². The van der Waals surface area contributed by atoms with Crippen molar-refractivity contribution in [2.24, 2.45) is 0 Å². The van der Waals surface area contributed by atoms with E-state index in [1.165, 1.54) is 6.08 Å². The second-order valence-electron chi connectivity index (χ2n) is 5.20. The van der Waals surface area contributed by atoms with Gasteiger partial charge in [-0.2, -0.15) is 0 Å². The number of nitrogens with one attached hydrogen (secondary N) is 1. The SMILES string of the molecule is CCOC(=O)/C=C/C(=O)NCC(c1ccccc1)c1ccccc1. The summed E-state index contributed by atoms with van der Waals surface area (Å²) in [5.41, 5.74) is 2.25. The maximum absolute atomic E-state index is 11.9. The molecule has 0 fully saturated rings. The Balaban J connectivity index is 2.04. The van der Waals surface area contributed by atoms with Crippen molar-refractivity contribution < 1.29 is 14.3 Å². The zero-order valence-electron chi connectivity index (χ0n) is 13.6. The van der Waals surface area contributed by atoms with E-state index in [4.69, 9.17) is 4.74 Å². The molecule has 0 saturated heterocycles. The molecule has 0 aliphatic heterocycles. The van der Waals surface area contributed by atoms with Gasteiger partial charge in [0.2, 0.25) is 5.91 Å². The highest BCUT2D eigenvalue weighted by Crippen LogP contribution is 2.23. The van der Waals surface area contributed by atoms with Crippen molar-refractivity contribution in [3.63, 3.8) is 0 Å². The molecular weight excluding hydrogens is 302 g/mol. The van der Waals surface area contributed by atoms with E-state index in [1.54, 1.807) is 6.92 Å². The fourth-order valence-corrected chi connectivity index (χ4v) is 2.39. The molecule has 0 saturated carbocycles. The zero-order valence-corrected chi connectivity index (χ0v) is 13.6. The fraction of sp³-hybridized carbons (Fsp3) is 0.200. The van der Waals surface area contributed by atoms with Gasteiger partial charge in [-0.15, -0.1) is 0 Å². The van der Waals surface area contributed by atoms with E-state index in [1.807, 2.05) is 60.7 Å². The number of carbonyl (C=O) groups is 2. The topological polar surface area (TPSA) is 55.4 Å². The van der Waals surface area contributed by atoms with E-state index in [0.29, 0.717) is 6.54 Å². The molecule has 2 rings (SSSR count). The lowest BCUT2D eigenvalue weighted by Crippen LogP contribution is -2.27. The Morgan fingerprint density at radius 3 is 2.00 bits per heavy atom. The Labute approximate surface area is 142 Å². The quantitative estimate of drug-likeness (QED) is 0.629. The highest BCUT2D eigenvalue weighted by Gasteiger charge is 2.14. The van der Waals surface area contributed by atoms with Crippen LogP contribution in [-0.2, 0) is 14.3 Å². The molecular formula is C20H21NO3. The molecule has 0 radical (unpaired) electrons. The van der Waals surface area contributed by atoms with E-state index >= 15 is 0 Å². The number of amides is 1. The van der Waals surface area contributed by atoms with Crippen LogP contribution in [0.1, 0.15) is 24.0 Å². The molecule has 0 spiro atoms. The van der Waals surface area contributed by atoms with Crippen molar-refractivity contribution in [1.82, 2.24) is 5.32 Å². The minimum Gasteiger partial charge on any atom is -0.463 e. The first-order chi connectivity index (χ1) is 11.7. The predicted molar refractivity (Wildman–Crippen MR) is 93.5 cm³/mol. The van der Waals surface area contributed by atoms with Crippen LogP contribution in [0.2, 0.25) is 0 Å². The summed E-state index contributed by atoms with van der Waals surface area (Å²) < 4.78 is 4.75. The van der Waals surface area contributed by atoms with E-state index in [0.717, 1.165) is 17.2 Å². The minimum atomic E-state index is -0.518. The van der Waals surface area contributed by atoms with Gasteiger partial charge < -0.3 is 10.1 Å². The molecule has 24 heavy (non-hydrogen) atoms. The second-order valence-corrected chi connectivity index (χ2v) is 5.20. The second kappa shape index (κ2) is 9.30. The molecule has 0 aliphatic rings. The number of rotatable bonds is 7. The van der Waals surface area contributed by atoms with E-state index < -0.39 is 5.97 Å². The lowest BCUT2D eigenvalue weighted by molar-refractivity contribution is -0.137. The van der Waals surface area contributed by atoms with Gasteiger partial charge >= 0.3 is 5.97 Å². The molecule has 0 atom stereocenters. The molecule has 2 aromatic carbocycles. The van der Waals surface area contributed by atoms with Crippen LogP contribution >= 0.6 is 0 Å². The van der Waals surface area contributed by atoms with Crippen LogP contribution in [0.15, 0.2) is 72.8 Å². The first-order valence-corrected chi connectivity index (χ1v) is 7.93. The number of hydrogen-bond donors (Lipinski definition) is 1. The summed E-state index contributed by atoms with van der Waals surface area (Å²) >= 11 is 0. The van der Waals surface area contributed by atoms with Gasteiger partial charge in [0.1, 0.15) is 0 Å². The maximum Gasteiger partial charge on any atom is 0.330 e. The summed E-state index contributed by atoms with van der Waals surface area (Å²) in [6, 6.07) is 20.0. The number of esters is 1. The van der Waals surface area contributed by atoms with Gasteiger partial charge in [-0.05, 0) is 18.1 Å². The van der Waals surface area contributed by atoms with Crippen molar-refractivity contribution in [3.05, 3.63) is 83.9 Å². The van der Waals surface area contributed by atoms with Gasteiger partial charge in [-0.3, -0.25) is 4.79 Å². The Morgan fingerprint density at radius 2 is 1.50 bits per heavy atom. The van der Waals surface area contributed by atoms with Gasteiger partial charge in [0, 0.05) is 24.6 Å². The summed E-state index contributed by atoms with van der Waals surface area (Å²) in [7, 11) is 0. The van der Waals surface area contributed by atoms with Crippen LogP contribution in [0.4, 0.5) is 0 Å². The first kappa shape index (κ1) is 17.5. The van der Waals surface area contributed by atoms with Crippen molar-refractivity contribution in [3.8, 4) is 0 Å². The van der Waals surface area contributed by atoms with Crippen LogP contribution in [-0.4, -0.2) is 25.0 Å². The summed E-state index contributed by atoms with van der Waals surface area (Å²) in [5.74, 6) is -0.789. The Kier molecular flexibility index (Phi) is 6.77. The smallest absolute Gasteiger partial charge is 0.330 e. The van der Waals surface area contributed by atoms with Crippen LogP contribution in [0.5, 0.6) is 0 Å². The number of carbonyl (C=O) groups excluding carboxylic acids is 2. The minimum absolute atomic E-state index is 0.0485. The van der Waals surface area contributed by atoms with E-state index in [9.17, 15) is 9.59 Å². The Hall–Kier alpha value is -2.88. The Morgan fingerprint density at radius 1 is 0.958 bits per heavy atom. The van der Waals surface area contributed by atoms with Crippen LogP contribution < -0.4 is 5.32 Å². The van der Waals surface area contributed by atoms with Crippen molar-refractivity contribution in [1.29, 1.82) is 0 Å². The number of hydrogen-bond acceptors (Lipinski definition) is 3. The van der Waals surface area contributed by atoms with Crippen molar-refractivity contribution >= 4 is 11.9 Å². The Bertz CT molecular complexity index is 641.